The summed E-state index contributed by atoms with van der Waals surface area (Å²) in [6.45, 7) is 0.647. The Bertz CT molecular complexity index is 1190. The molecule has 0 saturated heterocycles. The summed E-state index contributed by atoms with van der Waals surface area (Å²) in [5.41, 5.74) is 2.20. The van der Waals surface area contributed by atoms with E-state index < -0.39 is 0 Å². The van der Waals surface area contributed by atoms with Gasteiger partial charge in [0.05, 0.1) is 29.0 Å². The van der Waals surface area contributed by atoms with E-state index >= 15 is 0 Å². The van der Waals surface area contributed by atoms with Gasteiger partial charge in [-0.15, -0.1) is 0 Å². The zero-order valence-electron chi connectivity index (χ0n) is 14.9. The van der Waals surface area contributed by atoms with Gasteiger partial charge in [0.1, 0.15) is 6.73 Å². The highest BCUT2D eigenvalue weighted by Crippen LogP contribution is 2.20. The van der Waals surface area contributed by atoms with Crippen LogP contribution in [0, 0.1) is 0 Å². The van der Waals surface area contributed by atoms with Crippen LogP contribution in [0.25, 0.3) is 27.7 Å². The number of para-hydroxylation sites is 3. The smallest absolute Gasteiger partial charge is 0.305 e. The molecule has 0 N–H and O–H groups in total. The predicted molar refractivity (Wildman–Crippen MR) is 102 cm³/mol. The second kappa shape index (κ2) is 7.20. The zero-order valence-corrected chi connectivity index (χ0v) is 14.9. The van der Waals surface area contributed by atoms with E-state index in [0.29, 0.717) is 36.1 Å². The molecule has 2 aromatic heterocycles. The Labute approximate surface area is 154 Å². The maximum atomic E-state index is 13.0. The highest BCUT2D eigenvalue weighted by atomic mass is 16.5. The van der Waals surface area contributed by atoms with Gasteiger partial charge >= 0.3 is 5.97 Å². The van der Waals surface area contributed by atoms with Crippen molar-refractivity contribution in [3.8, 4) is 0 Å². The second-order valence-electron chi connectivity index (χ2n) is 6.20. The van der Waals surface area contributed by atoms with Crippen LogP contribution in [-0.2, 0) is 21.0 Å². The number of carbonyl (C=O) groups excluding carboxylic acids is 1. The van der Waals surface area contributed by atoms with Crippen molar-refractivity contribution in [1.82, 2.24) is 14.0 Å². The maximum Gasteiger partial charge on any atom is 0.305 e. The SMILES string of the molecule is COC(=O)CCCOCn1c2ccccc2n2c(=O)c3ccccc3nc12. The summed E-state index contributed by atoms with van der Waals surface area (Å²) in [4.78, 5) is 28.9. The Morgan fingerprint density at radius 2 is 1.81 bits per heavy atom. The molecule has 27 heavy (non-hydrogen) atoms. The van der Waals surface area contributed by atoms with Crippen LogP contribution >= 0.6 is 0 Å². The largest absolute Gasteiger partial charge is 0.469 e. The van der Waals surface area contributed by atoms with E-state index in [0.717, 1.165) is 11.0 Å². The van der Waals surface area contributed by atoms with Gasteiger partial charge in [0.15, 0.2) is 0 Å². The molecule has 0 radical (unpaired) electrons. The Morgan fingerprint density at radius 1 is 1.07 bits per heavy atom. The normalized spacial score (nSPS) is 11.4. The summed E-state index contributed by atoms with van der Waals surface area (Å²) in [5, 5.41) is 0.580. The van der Waals surface area contributed by atoms with E-state index in [4.69, 9.17) is 4.74 Å². The number of ether oxygens (including phenoxy) is 2. The van der Waals surface area contributed by atoms with Crippen LogP contribution in [0.3, 0.4) is 0 Å². The molecule has 2 aromatic carbocycles. The van der Waals surface area contributed by atoms with Crippen LogP contribution < -0.4 is 5.56 Å². The van der Waals surface area contributed by atoms with E-state index in [1.54, 1.807) is 10.5 Å². The molecule has 0 unspecified atom stereocenters. The second-order valence-corrected chi connectivity index (χ2v) is 6.20. The third-order valence-corrected chi connectivity index (χ3v) is 4.53. The maximum absolute atomic E-state index is 13.0. The number of aromatic nitrogens is 3. The molecule has 0 amide bonds. The van der Waals surface area contributed by atoms with Crippen molar-refractivity contribution in [2.24, 2.45) is 0 Å². The molecule has 0 aliphatic heterocycles. The van der Waals surface area contributed by atoms with Crippen LogP contribution in [0.1, 0.15) is 12.8 Å². The standard InChI is InChI=1S/C20H19N3O4/c1-26-18(24)11-6-12-27-13-22-16-9-4-5-10-17(16)23-19(25)14-7-2-3-8-15(14)21-20(22)23/h2-5,7-10H,6,11-13H2,1H3. The number of benzene rings is 2. The lowest BCUT2D eigenvalue weighted by Crippen LogP contribution is -2.15. The molecule has 4 rings (SSSR count). The van der Waals surface area contributed by atoms with Gasteiger partial charge in [0, 0.05) is 13.0 Å². The first-order chi connectivity index (χ1) is 13.2. The van der Waals surface area contributed by atoms with Gasteiger partial charge in [-0.05, 0) is 30.7 Å². The molecule has 0 aliphatic carbocycles. The molecule has 4 aromatic rings. The predicted octanol–water partition coefficient (Wildman–Crippen LogP) is 2.73. The molecule has 7 heteroatoms. The Hall–Kier alpha value is -3.19. The summed E-state index contributed by atoms with van der Waals surface area (Å²) < 4.78 is 13.9. The molecule has 2 heterocycles. The minimum Gasteiger partial charge on any atom is -0.469 e. The van der Waals surface area contributed by atoms with Gasteiger partial charge in [0.25, 0.3) is 5.56 Å². The van der Waals surface area contributed by atoms with Crippen molar-refractivity contribution in [2.45, 2.75) is 19.6 Å². The van der Waals surface area contributed by atoms with Crippen LogP contribution in [0.15, 0.2) is 53.3 Å². The summed E-state index contributed by atoms with van der Waals surface area (Å²) in [6, 6.07) is 15.0. The molecule has 0 saturated carbocycles. The number of nitrogens with zero attached hydrogens (tertiary/aromatic N) is 3. The van der Waals surface area contributed by atoms with Crippen molar-refractivity contribution < 1.29 is 14.3 Å². The molecular weight excluding hydrogens is 346 g/mol. The van der Waals surface area contributed by atoms with Crippen LogP contribution in [0.4, 0.5) is 0 Å². The van der Waals surface area contributed by atoms with Crippen molar-refractivity contribution in [1.29, 1.82) is 0 Å². The van der Waals surface area contributed by atoms with Crippen LogP contribution in [-0.4, -0.2) is 33.6 Å². The minimum atomic E-state index is -0.254. The number of hydrogen-bond acceptors (Lipinski definition) is 5. The van der Waals surface area contributed by atoms with Crippen LogP contribution in [0.5, 0.6) is 0 Å². The summed E-state index contributed by atoms with van der Waals surface area (Å²) in [7, 11) is 1.37. The first-order valence-electron chi connectivity index (χ1n) is 8.74. The van der Waals surface area contributed by atoms with E-state index in [1.165, 1.54) is 7.11 Å². The number of rotatable bonds is 6. The van der Waals surface area contributed by atoms with E-state index in [9.17, 15) is 9.59 Å². The van der Waals surface area contributed by atoms with Crippen molar-refractivity contribution in [3.05, 3.63) is 58.9 Å². The Balaban J connectivity index is 1.74. The van der Waals surface area contributed by atoms with E-state index in [-0.39, 0.29) is 18.3 Å². The number of hydrogen-bond donors (Lipinski definition) is 0. The van der Waals surface area contributed by atoms with Gasteiger partial charge in [-0.1, -0.05) is 24.3 Å². The van der Waals surface area contributed by atoms with Gasteiger partial charge in [-0.25, -0.2) is 9.38 Å². The first-order valence-corrected chi connectivity index (χ1v) is 8.74. The molecule has 0 atom stereocenters. The molecular formula is C20H19N3O4. The lowest BCUT2D eigenvalue weighted by molar-refractivity contribution is -0.141. The highest BCUT2D eigenvalue weighted by molar-refractivity contribution is 5.85. The average molecular weight is 365 g/mol. The monoisotopic (exact) mass is 365 g/mol. The lowest BCUT2D eigenvalue weighted by atomic mass is 10.2. The van der Waals surface area contributed by atoms with Crippen molar-refractivity contribution in [2.75, 3.05) is 13.7 Å². The molecule has 0 aliphatic rings. The molecule has 0 spiro atoms. The third kappa shape index (κ3) is 3.06. The van der Waals surface area contributed by atoms with E-state index in [2.05, 4.69) is 9.72 Å². The fourth-order valence-electron chi connectivity index (χ4n) is 3.21. The molecule has 138 valence electrons. The number of methoxy groups -OCH3 is 1. The average Bonchev–Trinajstić information content (AvgIpc) is 3.01. The topological polar surface area (TPSA) is 74.8 Å². The molecule has 0 fully saturated rings. The third-order valence-electron chi connectivity index (χ3n) is 4.53. The zero-order chi connectivity index (χ0) is 18.8. The molecule has 0 bridgehead atoms. The first kappa shape index (κ1) is 17.2. The number of fused-ring (bicyclic) bond motifs is 4. The number of carbonyl (C=O) groups is 1. The fraction of sp³-hybridized carbons (Fsp3) is 0.250. The van der Waals surface area contributed by atoms with Gasteiger partial charge in [-0.3, -0.25) is 14.2 Å². The Kier molecular flexibility index (Phi) is 4.60. The van der Waals surface area contributed by atoms with Gasteiger partial charge in [-0.2, -0.15) is 0 Å². The number of esters is 1. The van der Waals surface area contributed by atoms with Crippen molar-refractivity contribution in [3.63, 3.8) is 0 Å². The van der Waals surface area contributed by atoms with Crippen molar-refractivity contribution >= 4 is 33.7 Å². The van der Waals surface area contributed by atoms with Crippen LogP contribution in [0.2, 0.25) is 0 Å². The minimum absolute atomic E-state index is 0.101. The highest BCUT2D eigenvalue weighted by Gasteiger charge is 2.15. The fourth-order valence-corrected chi connectivity index (χ4v) is 3.21. The summed E-state index contributed by atoms with van der Waals surface area (Å²) in [6.07, 6.45) is 0.881. The quantitative estimate of drug-likeness (QED) is 0.388. The number of imidazole rings is 1. The molecule has 7 nitrogen and oxygen atoms in total. The van der Waals surface area contributed by atoms with Gasteiger partial charge in [0.2, 0.25) is 5.78 Å². The van der Waals surface area contributed by atoms with E-state index in [1.807, 2.05) is 47.0 Å². The summed E-state index contributed by atoms with van der Waals surface area (Å²) in [5.74, 6) is 0.281. The summed E-state index contributed by atoms with van der Waals surface area (Å²) >= 11 is 0. The lowest BCUT2D eigenvalue weighted by Gasteiger charge is -2.07. The van der Waals surface area contributed by atoms with Gasteiger partial charge < -0.3 is 9.47 Å². The Morgan fingerprint density at radius 3 is 2.63 bits per heavy atom.